The molecule has 6 nitrogen and oxygen atoms in total. The third kappa shape index (κ3) is 12.6. The van der Waals surface area contributed by atoms with Crippen LogP contribution in [0, 0.1) is 6.92 Å². The fourth-order valence-electron chi connectivity index (χ4n) is 4.25. The van der Waals surface area contributed by atoms with Crippen LogP contribution in [0.4, 0.5) is 0 Å². The average Bonchev–Trinajstić information content (AvgIpc) is 3.17. The Labute approximate surface area is 202 Å². The molecule has 1 aromatic rings. The number of hydrogen-bond donors (Lipinski definition) is 2. The fourth-order valence-corrected chi connectivity index (χ4v) is 4.72. The maximum Gasteiger partial charge on any atom is 0.244 e. The topological polar surface area (TPSA) is 92.5 Å². The molecule has 1 atom stereocenters. The zero-order valence-corrected chi connectivity index (χ0v) is 21.8. The molecule has 0 aromatic heterocycles. The van der Waals surface area contributed by atoms with Crippen LogP contribution >= 0.6 is 0 Å². The number of aliphatic hydroxyl groups is 1. The van der Waals surface area contributed by atoms with E-state index >= 15 is 0 Å². The van der Waals surface area contributed by atoms with Gasteiger partial charge in [0.1, 0.15) is 29.2 Å². The predicted molar refractivity (Wildman–Crippen MR) is 135 cm³/mol. The second kappa shape index (κ2) is 17.1. The first-order chi connectivity index (χ1) is 15.8. The number of unbranched alkanes of at least 4 members (excludes halogenated alkanes) is 9. The van der Waals surface area contributed by atoms with Crippen molar-refractivity contribution in [3.63, 3.8) is 0 Å². The van der Waals surface area contributed by atoms with Gasteiger partial charge in [0.25, 0.3) is 0 Å². The zero-order chi connectivity index (χ0) is 24.5. The standard InChI is InChI=1S/C19H38N2O.C7H8O3S/c1-3-5-6-7-8-9-10-11-12-13-14-18-17-20-19(4-2)21(18)15-16-22;1-6-2-4-7(5-3-6)11(8,9)10/h18,22H,3-17H2,1-2H3;2-5H,1H3,(H,8,9,10). The van der Waals surface area contributed by atoms with Gasteiger partial charge >= 0.3 is 0 Å². The number of nitrogens with one attached hydrogen (secondary N) is 1. The van der Waals surface area contributed by atoms with Crippen molar-refractivity contribution in [3.8, 4) is 0 Å². The lowest BCUT2D eigenvalue weighted by molar-refractivity contribution is -0.559. The second-order valence-electron chi connectivity index (χ2n) is 8.99. The number of rotatable bonds is 15. The quantitative estimate of drug-likeness (QED) is 0.209. The molecule has 0 saturated heterocycles. The highest BCUT2D eigenvalue weighted by Crippen LogP contribution is 2.14. The van der Waals surface area contributed by atoms with E-state index in [1.807, 2.05) is 6.92 Å². The summed E-state index contributed by atoms with van der Waals surface area (Å²) >= 11 is 0. The van der Waals surface area contributed by atoms with Crippen LogP contribution in [0.5, 0.6) is 0 Å². The highest BCUT2D eigenvalue weighted by atomic mass is 32.2. The van der Waals surface area contributed by atoms with Crippen LogP contribution in [0.3, 0.4) is 0 Å². The Morgan fingerprint density at radius 3 is 2.00 bits per heavy atom. The normalized spacial score (nSPS) is 15.8. The highest BCUT2D eigenvalue weighted by Gasteiger charge is 2.29. The number of benzene rings is 1. The van der Waals surface area contributed by atoms with Crippen molar-refractivity contribution in [1.29, 1.82) is 0 Å². The summed E-state index contributed by atoms with van der Waals surface area (Å²) in [5.41, 5.74) is 0.928. The molecule has 1 unspecified atom stereocenters. The minimum atomic E-state index is -4.27. The molecule has 2 rings (SSSR count). The van der Waals surface area contributed by atoms with Crippen LogP contribution in [0.2, 0.25) is 0 Å². The van der Waals surface area contributed by atoms with E-state index in [0.29, 0.717) is 6.04 Å². The molecule has 2 N–H and O–H groups in total. The Morgan fingerprint density at radius 1 is 0.970 bits per heavy atom. The molecule has 0 bridgehead atoms. The van der Waals surface area contributed by atoms with Crippen molar-refractivity contribution in [3.05, 3.63) is 29.8 Å². The number of hydrogen-bond acceptors (Lipinski definition) is 5. The van der Waals surface area contributed by atoms with E-state index in [2.05, 4.69) is 23.7 Å². The number of β-amino-alcohol motifs (C(OH)–C–C–N with tert-alkyl or cyclic N) is 1. The summed E-state index contributed by atoms with van der Waals surface area (Å²) in [4.78, 5) is -0.178. The van der Waals surface area contributed by atoms with Crippen LogP contribution in [-0.4, -0.2) is 54.2 Å². The maximum absolute atomic E-state index is 10.4. The summed E-state index contributed by atoms with van der Waals surface area (Å²) in [7, 11) is -4.27. The van der Waals surface area contributed by atoms with Crippen molar-refractivity contribution >= 4 is 16.0 Å². The van der Waals surface area contributed by atoms with E-state index in [0.717, 1.165) is 25.1 Å². The molecule has 0 aliphatic carbocycles. The molecule has 7 heteroatoms. The van der Waals surface area contributed by atoms with Crippen molar-refractivity contribution in [1.82, 2.24) is 5.32 Å². The van der Waals surface area contributed by atoms with Crippen molar-refractivity contribution in [2.45, 2.75) is 109 Å². The molecule has 0 saturated carbocycles. The summed E-state index contributed by atoms with van der Waals surface area (Å²) < 4.78 is 33.6. The van der Waals surface area contributed by atoms with Gasteiger partial charge in [0.15, 0.2) is 0 Å². The van der Waals surface area contributed by atoms with Gasteiger partial charge in [0, 0.05) is 6.42 Å². The number of nitrogens with zero attached hydrogens (tertiary/aromatic N) is 1. The van der Waals surface area contributed by atoms with Crippen molar-refractivity contribution in [2.24, 2.45) is 0 Å². The smallest absolute Gasteiger partial charge is 0.244 e. The predicted octanol–water partition coefficient (Wildman–Crippen LogP) is 4.98. The van der Waals surface area contributed by atoms with Crippen LogP contribution in [0.15, 0.2) is 29.2 Å². The first kappa shape index (κ1) is 29.6. The first-order valence-corrected chi connectivity index (χ1v) is 14.2. The Balaban J connectivity index is 0.000000412. The van der Waals surface area contributed by atoms with Gasteiger partial charge < -0.3 is 9.66 Å². The molecule has 0 amide bonds. The molecule has 0 radical (unpaired) electrons. The Hall–Kier alpha value is -1.44. The van der Waals surface area contributed by atoms with Crippen molar-refractivity contribution < 1.29 is 22.7 Å². The maximum atomic E-state index is 10.4. The summed E-state index contributed by atoms with van der Waals surface area (Å²) in [5, 5.41) is 12.7. The Kier molecular flexibility index (Phi) is 15.3. The number of aryl methyl sites for hydroxylation is 1. The molecule has 0 spiro atoms. The van der Waals surface area contributed by atoms with E-state index in [4.69, 9.17) is 0 Å². The van der Waals surface area contributed by atoms with Gasteiger partial charge in [0.05, 0.1) is 11.5 Å². The Bertz CT molecular complexity index is 776. The van der Waals surface area contributed by atoms with Gasteiger partial charge in [-0.2, -0.15) is 0 Å². The van der Waals surface area contributed by atoms with E-state index in [-0.39, 0.29) is 11.5 Å². The second-order valence-corrected chi connectivity index (χ2v) is 10.4. The lowest BCUT2D eigenvalue weighted by atomic mass is 10.0. The largest absolute Gasteiger partial charge is 0.744 e. The van der Waals surface area contributed by atoms with E-state index < -0.39 is 10.1 Å². The third-order valence-corrected chi connectivity index (χ3v) is 7.06. The Morgan fingerprint density at radius 2 is 1.52 bits per heavy atom. The molecule has 1 aliphatic rings. The summed E-state index contributed by atoms with van der Waals surface area (Å²) in [6.07, 6.45) is 16.3. The van der Waals surface area contributed by atoms with Gasteiger partial charge in [-0.1, -0.05) is 89.3 Å². The summed E-state index contributed by atoms with van der Waals surface area (Å²) in [6, 6.07) is 6.39. The van der Waals surface area contributed by atoms with E-state index in [1.54, 1.807) is 12.1 Å². The van der Waals surface area contributed by atoms with Crippen LogP contribution in [-0.2, 0) is 10.1 Å². The summed E-state index contributed by atoms with van der Waals surface area (Å²) in [6.45, 7) is 8.42. The molecule has 0 fully saturated rings. The van der Waals surface area contributed by atoms with Gasteiger partial charge in [-0.25, -0.2) is 8.42 Å². The van der Waals surface area contributed by atoms with Crippen molar-refractivity contribution in [2.75, 3.05) is 19.7 Å². The SMILES string of the molecule is CCCCCCCCCCCCC1CNC(CC)=[N+]1CCO.Cc1ccc(S(=O)(=O)[O-])cc1. The van der Waals surface area contributed by atoms with E-state index in [1.165, 1.54) is 88.6 Å². The minimum absolute atomic E-state index is 0.178. The molecule has 1 aromatic carbocycles. The monoisotopic (exact) mass is 482 g/mol. The third-order valence-electron chi connectivity index (χ3n) is 6.21. The lowest BCUT2D eigenvalue weighted by Crippen LogP contribution is -2.29. The molecular formula is C26H46N2O4S. The summed E-state index contributed by atoms with van der Waals surface area (Å²) in [5.74, 6) is 1.33. The van der Waals surface area contributed by atoms with Crippen LogP contribution < -0.4 is 5.32 Å². The molecular weight excluding hydrogens is 436 g/mol. The van der Waals surface area contributed by atoms with Gasteiger partial charge in [0.2, 0.25) is 5.84 Å². The number of aliphatic hydroxyl groups excluding tert-OH is 1. The molecule has 33 heavy (non-hydrogen) atoms. The van der Waals surface area contributed by atoms with Gasteiger partial charge in [-0.05, 0) is 31.9 Å². The molecule has 190 valence electrons. The van der Waals surface area contributed by atoms with Gasteiger partial charge in [-0.15, -0.1) is 0 Å². The lowest BCUT2D eigenvalue weighted by Gasteiger charge is -2.11. The number of amidine groups is 1. The molecule has 1 aliphatic heterocycles. The van der Waals surface area contributed by atoms with Crippen LogP contribution in [0.25, 0.3) is 0 Å². The zero-order valence-electron chi connectivity index (χ0n) is 21.0. The minimum Gasteiger partial charge on any atom is -0.744 e. The fraction of sp³-hybridized carbons (Fsp3) is 0.731. The van der Waals surface area contributed by atoms with Gasteiger partial charge in [-0.3, -0.25) is 9.89 Å². The first-order valence-electron chi connectivity index (χ1n) is 12.8. The highest BCUT2D eigenvalue weighted by molar-refractivity contribution is 7.85. The molecule has 1 heterocycles. The average molecular weight is 483 g/mol. The van der Waals surface area contributed by atoms with E-state index in [9.17, 15) is 18.1 Å². The van der Waals surface area contributed by atoms with Crippen LogP contribution in [0.1, 0.15) is 96.5 Å².